The number of benzene rings is 1. The molecular formula is C16H23ClFNO. The summed E-state index contributed by atoms with van der Waals surface area (Å²) in [6, 6.07) is 4.78. The van der Waals surface area contributed by atoms with E-state index in [9.17, 15) is 4.39 Å². The van der Waals surface area contributed by atoms with E-state index in [4.69, 9.17) is 22.1 Å². The van der Waals surface area contributed by atoms with Crippen molar-refractivity contribution in [1.29, 1.82) is 0 Å². The molecule has 4 heteroatoms. The van der Waals surface area contributed by atoms with Crippen LogP contribution in [0.25, 0.3) is 0 Å². The van der Waals surface area contributed by atoms with E-state index in [-0.39, 0.29) is 23.0 Å². The van der Waals surface area contributed by atoms with Gasteiger partial charge >= 0.3 is 0 Å². The average Bonchev–Trinajstić information content (AvgIpc) is 2.45. The highest BCUT2D eigenvalue weighted by atomic mass is 35.5. The van der Waals surface area contributed by atoms with Crippen molar-refractivity contribution in [3.8, 4) is 0 Å². The van der Waals surface area contributed by atoms with E-state index in [1.807, 2.05) is 6.07 Å². The van der Waals surface area contributed by atoms with Crippen LogP contribution in [0.15, 0.2) is 18.2 Å². The molecule has 0 heterocycles. The van der Waals surface area contributed by atoms with Gasteiger partial charge in [0, 0.05) is 13.2 Å². The molecule has 1 aliphatic rings. The highest BCUT2D eigenvalue weighted by Crippen LogP contribution is 2.29. The van der Waals surface area contributed by atoms with Gasteiger partial charge in [-0.25, -0.2) is 4.39 Å². The Bertz CT molecular complexity index is 434. The summed E-state index contributed by atoms with van der Waals surface area (Å²) in [4.78, 5) is 0. The molecule has 1 aromatic rings. The predicted molar refractivity (Wildman–Crippen MR) is 80.5 cm³/mol. The lowest BCUT2D eigenvalue weighted by molar-refractivity contribution is 0.0179. The van der Waals surface area contributed by atoms with Crippen LogP contribution in [0.1, 0.15) is 37.7 Å². The quantitative estimate of drug-likeness (QED) is 0.893. The second-order valence-electron chi connectivity index (χ2n) is 5.71. The molecule has 1 fully saturated rings. The van der Waals surface area contributed by atoms with Crippen molar-refractivity contribution >= 4 is 11.6 Å². The van der Waals surface area contributed by atoms with Crippen LogP contribution >= 0.6 is 11.6 Å². The zero-order valence-electron chi connectivity index (χ0n) is 11.9. The standard InChI is InChI=1S/C16H23ClFNO/c1-20-16(12-5-3-2-4-6-12)15(19)10-11-7-8-13(17)14(18)9-11/h7-9,12,15-16H,2-6,10,19H2,1H3. The summed E-state index contributed by atoms with van der Waals surface area (Å²) in [5.74, 6) is 0.142. The van der Waals surface area contributed by atoms with Gasteiger partial charge in [0.15, 0.2) is 0 Å². The lowest BCUT2D eigenvalue weighted by atomic mass is 9.81. The van der Waals surface area contributed by atoms with Crippen LogP contribution in [0.3, 0.4) is 0 Å². The van der Waals surface area contributed by atoms with Crippen molar-refractivity contribution in [3.05, 3.63) is 34.6 Å². The molecule has 2 nitrogen and oxygen atoms in total. The smallest absolute Gasteiger partial charge is 0.142 e. The predicted octanol–water partition coefficient (Wildman–Crippen LogP) is 3.94. The molecule has 20 heavy (non-hydrogen) atoms. The first-order valence-electron chi connectivity index (χ1n) is 7.34. The first-order valence-corrected chi connectivity index (χ1v) is 7.72. The van der Waals surface area contributed by atoms with Crippen molar-refractivity contribution in [3.63, 3.8) is 0 Å². The zero-order chi connectivity index (χ0) is 14.5. The average molecular weight is 300 g/mol. The summed E-state index contributed by atoms with van der Waals surface area (Å²) in [6.45, 7) is 0. The second kappa shape index (κ2) is 7.39. The summed E-state index contributed by atoms with van der Waals surface area (Å²) >= 11 is 5.70. The molecule has 0 saturated heterocycles. The van der Waals surface area contributed by atoms with Gasteiger partial charge in [0.05, 0.1) is 11.1 Å². The summed E-state index contributed by atoms with van der Waals surface area (Å²) in [5.41, 5.74) is 7.17. The van der Waals surface area contributed by atoms with E-state index in [2.05, 4.69) is 0 Å². The van der Waals surface area contributed by atoms with E-state index in [0.717, 1.165) is 5.56 Å². The summed E-state index contributed by atoms with van der Waals surface area (Å²) in [6.07, 6.45) is 6.85. The van der Waals surface area contributed by atoms with E-state index in [1.54, 1.807) is 13.2 Å². The van der Waals surface area contributed by atoms with Crippen molar-refractivity contribution in [1.82, 2.24) is 0 Å². The fraction of sp³-hybridized carbons (Fsp3) is 0.625. The lowest BCUT2D eigenvalue weighted by Gasteiger charge is -2.33. The van der Waals surface area contributed by atoms with Gasteiger partial charge in [-0.15, -0.1) is 0 Å². The van der Waals surface area contributed by atoms with Gasteiger partial charge in [0.2, 0.25) is 0 Å². The number of ether oxygens (including phenoxy) is 1. The molecule has 2 N–H and O–H groups in total. The van der Waals surface area contributed by atoms with Crippen molar-refractivity contribution < 1.29 is 9.13 Å². The maximum Gasteiger partial charge on any atom is 0.142 e. The normalized spacial score (nSPS) is 19.8. The minimum absolute atomic E-state index is 0.0500. The van der Waals surface area contributed by atoms with Gasteiger partial charge in [-0.3, -0.25) is 0 Å². The Morgan fingerprint density at radius 3 is 2.65 bits per heavy atom. The minimum Gasteiger partial charge on any atom is -0.380 e. The van der Waals surface area contributed by atoms with Crippen LogP contribution in [0, 0.1) is 11.7 Å². The molecule has 1 aliphatic carbocycles. The highest BCUT2D eigenvalue weighted by molar-refractivity contribution is 6.30. The third-order valence-electron chi connectivity index (χ3n) is 4.26. The van der Waals surface area contributed by atoms with E-state index in [1.165, 1.54) is 38.2 Å². The van der Waals surface area contributed by atoms with Crippen LogP contribution in [0.5, 0.6) is 0 Å². The van der Waals surface area contributed by atoms with Crippen LogP contribution in [-0.2, 0) is 11.2 Å². The Morgan fingerprint density at radius 1 is 1.35 bits per heavy atom. The summed E-state index contributed by atoms with van der Waals surface area (Å²) in [7, 11) is 1.72. The Kier molecular flexibility index (Phi) is 5.82. The number of nitrogens with two attached hydrogens (primary N) is 1. The molecular weight excluding hydrogens is 277 g/mol. The molecule has 1 saturated carbocycles. The second-order valence-corrected chi connectivity index (χ2v) is 6.12. The molecule has 1 aromatic carbocycles. The molecule has 2 unspecified atom stereocenters. The topological polar surface area (TPSA) is 35.2 Å². The number of hydrogen-bond acceptors (Lipinski definition) is 2. The van der Waals surface area contributed by atoms with Crippen LogP contribution in [-0.4, -0.2) is 19.3 Å². The van der Waals surface area contributed by atoms with Crippen LogP contribution in [0.2, 0.25) is 5.02 Å². The van der Waals surface area contributed by atoms with Gasteiger partial charge in [-0.05, 0) is 42.9 Å². The molecule has 112 valence electrons. The number of halogens is 2. The first kappa shape index (κ1) is 15.7. The molecule has 0 aliphatic heterocycles. The third-order valence-corrected chi connectivity index (χ3v) is 4.57. The van der Waals surface area contributed by atoms with Crippen LogP contribution in [0.4, 0.5) is 4.39 Å². The van der Waals surface area contributed by atoms with Crippen molar-refractivity contribution in [2.45, 2.75) is 50.7 Å². The Morgan fingerprint density at radius 2 is 2.05 bits per heavy atom. The van der Waals surface area contributed by atoms with E-state index in [0.29, 0.717) is 12.3 Å². The molecule has 2 atom stereocenters. The van der Waals surface area contributed by atoms with Gasteiger partial charge in [0.25, 0.3) is 0 Å². The van der Waals surface area contributed by atoms with Gasteiger partial charge in [0.1, 0.15) is 5.82 Å². The number of rotatable bonds is 5. The van der Waals surface area contributed by atoms with Gasteiger partial charge in [-0.2, -0.15) is 0 Å². The molecule has 0 bridgehead atoms. The SMILES string of the molecule is COC(C(N)Cc1ccc(Cl)c(F)c1)C1CCCCC1. The van der Waals surface area contributed by atoms with Crippen molar-refractivity contribution in [2.24, 2.45) is 11.7 Å². The Hall–Kier alpha value is -0.640. The zero-order valence-corrected chi connectivity index (χ0v) is 12.7. The number of hydrogen-bond donors (Lipinski definition) is 1. The fourth-order valence-corrected chi connectivity index (χ4v) is 3.35. The largest absolute Gasteiger partial charge is 0.380 e. The maximum absolute atomic E-state index is 13.5. The maximum atomic E-state index is 13.5. The molecule has 0 aromatic heterocycles. The molecule has 2 rings (SSSR count). The Labute approximate surface area is 125 Å². The monoisotopic (exact) mass is 299 g/mol. The first-order chi connectivity index (χ1) is 9.61. The van der Waals surface area contributed by atoms with Gasteiger partial charge in [-0.1, -0.05) is 36.9 Å². The molecule has 0 amide bonds. The molecule has 0 spiro atoms. The summed E-state index contributed by atoms with van der Waals surface area (Å²) in [5, 5.41) is 0.151. The third kappa shape index (κ3) is 3.94. The van der Waals surface area contributed by atoms with Gasteiger partial charge < -0.3 is 10.5 Å². The summed E-state index contributed by atoms with van der Waals surface area (Å²) < 4.78 is 19.1. The minimum atomic E-state index is -0.386. The highest BCUT2D eigenvalue weighted by Gasteiger charge is 2.28. The van der Waals surface area contributed by atoms with Crippen molar-refractivity contribution in [2.75, 3.05) is 7.11 Å². The van der Waals surface area contributed by atoms with E-state index < -0.39 is 0 Å². The Balaban J connectivity index is 2.00. The molecule has 0 radical (unpaired) electrons. The van der Waals surface area contributed by atoms with Crippen LogP contribution < -0.4 is 5.73 Å². The number of methoxy groups -OCH3 is 1. The van der Waals surface area contributed by atoms with E-state index >= 15 is 0 Å². The lowest BCUT2D eigenvalue weighted by Crippen LogP contribution is -2.43. The fourth-order valence-electron chi connectivity index (χ4n) is 3.23.